The molecule has 7 heteroatoms. The van der Waals surface area contributed by atoms with Gasteiger partial charge in [0.2, 0.25) is 5.91 Å². The molecule has 4 rings (SSSR count). The number of para-hydroxylation sites is 1. The topological polar surface area (TPSA) is 81.9 Å². The third-order valence-electron chi connectivity index (χ3n) is 6.03. The van der Waals surface area contributed by atoms with Crippen molar-refractivity contribution >= 4 is 11.6 Å². The summed E-state index contributed by atoms with van der Waals surface area (Å²) in [5.74, 6) is 1.08. The van der Waals surface area contributed by atoms with Crippen molar-refractivity contribution in [2.75, 3.05) is 13.7 Å². The van der Waals surface area contributed by atoms with Crippen LogP contribution in [0.5, 0.6) is 11.5 Å². The molecule has 2 aliphatic rings. The predicted octanol–water partition coefficient (Wildman–Crippen LogP) is 4.44. The van der Waals surface area contributed by atoms with Crippen LogP contribution in [0, 0.1) is 10.1 Å². The van der Waals surface area contributed by atoms with Crippen LogP contribution in [-0.2, 0) is 11.3 Å². The first kappa shape index (κ1) is 20.2. The van der Waals surface area contributed by atoms with Crippen molar-refractivity contribution in [2.45, 2.75) is 50.7 Å². The number of nitro groups is 1. The van der Waals surface area contributed by atoms with Crippen LogP contribution < -0.4 is 9.47 Å². The van der Waals surface area contributed by atoms with E-state index >= 15 is 0 Å². The molecule has 0 N–H and O–H groups in total. The zero-order valence-electron chi connectivity index (χ0n) is 17.1. The highest BCUT2D eigenvalue weighted by atomic mass is 16.6. The second-order valence-electron chi connectivity index (χ2n) is 7.92. The summed E-state index contributed by atoms with van der Waals surface area (Å²) >= 11 is 0. The number of nitrogens with zero attached hydrogens (tertiary/aromatic N) is 2. The van der Waals surface area contributed by atoms with Gasteiger partial charge in [0.15, 0.2) is 11.5 Å². The number of carbonyl (C=O) groups excluding carboxylic acids is 1. The minimum Gasteiger partial charge on any atom is -0.493 e. The van der Waals surface area contributed by atoms with Gasteiger partial charge in [-0.2, -0.15) is 0 Å². The summed E-state index contributed by atoms with van der Waals surface area (Å²) in [5, 5.41) is 11.3. The Morgan fingerprint density at radius 3 is 2.60 bits per heavy atom. The van der Waals surface area contributed by atoms with Crippen LogP contribution in [0.3, 0.4) is 0 Å². The number of carbonyl (C=O) groups is 1. The molecular weight excluding hydrogens is 384 g/mol. The van der Waals surface area contributed by atoms with E-state index in [-0.39, 0.29) is 30.2 Å². The third kappa shape index (κ3) is 4.10. The SMILES string of the molecule is COc1ccc(C2CCN(Cc3ccccc3[N+](=O)[O-])C2=O)cc1OC1CCCC1. The second kappa shape index (κ2) is 8.73. The lowest BCUT2D eigenvalue weighted by atomic mass is 9.97. The van der Waals surface area contributed by atoms with Gasteiger partial charge in [-0.3, -0.25) is 14.9 Å². The van der Waals surface area contributed by atoms with Crippen molar-refractivity contribution in [3.05, 3.63) is 63.7 Å². The Labute approximate surface area is 175 Å². The summed E-state index contributed by atoms with van der Waals surface area (Å²) in [6, 6.07) is 12.3. The molecule has 0 radical (unpaired) electrons. The molecule has 1 atom stereocenters. The van der Waals surface area contributed by atoms with E-state index in [1.54, 1.807) is 30.2 Å². The molecule has 0 spiro atoms. The summed E-state index contributed by atoms with van der Waals surface area (Å²) in [6.07, 6.45) is 5.31. The van der Waals surface area contributed by atoms with E-state index < -0.39 is 4.92 Å². The van der Waals surface area contributed by atoms with Crippen molar-refractivity contribution < 1.29 is 19.2 Å². The molecule has 1 aliphatic heterocycles. The maximum absolute atomic E-state index is 13.1. The normalized spacial score (nSPS) is 19.3. The van der Waals surface area contributed by atoms with Crippen molar-refractivity contribution in [3.63, 3.8) is 0 Å². The van der Waals surface area contributed by atoms with Crippen molar-refractivity contribution in [1.82, 2.24) is 4.90 Å². The van der Waals surface area contributed by atoms with Crippen molar-refractivity contribution in [2.24, 2.45) is 0 Å². The van der Waals surface area contributed by atoms with Crippen LogP contribution in [-0.4, -0.2) is 35.5 Å². The molecular formula is C23H26N2O5. The summed E-state index contributed by atoms with van der Waals surface area (Å²) in [6.45, 7) is 0.814. The van der Waals surface area contributed by atoms with Crippen molar-refractivity contribution in [1.29, 1.82) is 0 Å². The summed E-state index contributed by atoms with van der Waals surface area (Å²) in [4.78, 5) is 25.7. The van der Waals surface area contributed by atoms with E-state index in [1.807, 2.05) is 18.2 Å². The molecule has 1 aliphatic carbocycles. The van der Waals surface area contributed by atoms with Gasteiger partial charge in [-0.15, -0.1) is 0 Å². The Bertz CT molecular complexity index is 939. The summed E-state index contributed by atoms with van der Waals surface area (Å²) in [5.41, 5.74) is 1.50. The number of amides is 1. The van der Waals surface area contributed by atoms with E-state index in [1.165, 1.54) is 18.9 Å². The van der Waals surface area contributed by atoms with E-state index in [0.717, 1.165) is 18.4 Å². The Morgan fingerprint density at radius 2 is 1.87 bits per heavy atom. The average molecular weight is 410 g/mol. The maximum Gasteiger partial charge on any atom is 0.274 e. The monoisotopic (exact) mass is 410 g/mol. The molecule has 1 saturated carbocycles. The lowest BCUT2D eigenvalue weighted by Crippen LogP contribution is -2.26. The van der Waals surface area contributed by atoms with Gasteiger partial charge in [0, 0.05) is 18.2 Å². The summed E-state index contributed by atoms with van der Waals surface area (Å²) < 4.78 is 11.6. The predicted molar refractivity (Wildman–Crippen MR) is 112 cm³/mol. The minimum atomic E-state index is -0.399. The smallest absolute Gasteiger partial charge is 0.274 e. The van der Waals surface area contributed by atoms with Crippen LogP contribution in [0.4, 0.5) is 5.69 Å². The third-order valence-corrected chi connectivity index (χ3v) is 6.03. The Balaban J connectivity index is 1.51. The van der Waals surface area contributed by atoms with Gasteiger partial charge in [-0.05, 0) is 49.8 Å². The first-order valence-corrected chi connectivity index (χ1v) is 10.4. The zero-order valence-corrected chi connectivity index (χ0v) is 17.1. The van der Waals surface area contributed by atoms with E-state index in [0.29, 0.717) is 30.0 Å². The molecule has 1 heterocycles. The lowest BCUT2D eigenvalue weighted by molar-refractivity contribution is -0.385. The number of nitro benzene ring substituents is 1. The molecule has 0 bridgehead atoms. The Kier molecular flexibility index (Phi) is 5.88. The number of methoxy groups -OCH3 is 1. The fraction of sp³-hybridized carbons (Fsp3) is 0.435. The number of likely N-dealkylation sites (tertiary alicyclic amines) is 1. The number of rotatable bonds is 7. The van der Waals surface area contributed by atoms with Crippen LogP contribution in [0.2, 0.25) is 0 Å². The summed E-state index contributed by atoms with van der Waals surface area (Å²) in [7, 11) is 1.62. The quantitative estimate of drug-likeness (QED) is 0.498. The van der Waals surface area contributed by atoms with Crippen LogP contribution >= 0.6 is 0 Å². The molecule has 1 amide bonds. The first-order chi connectivity index (χ1) is 14.6. The van der Waals surface area contributed by atoms with Gasteiger partial charge in [0.05, 0.1) is 30.6 Å². The van der Waals surface area contributed by atoms with Gasteiger partial charge in [-0.25, -0.2) is 0 Å². The second-order valence-corrected chi connectivity index (χ2v) is 7.92. The van der Waals surface area contributed by atoms with Gasteiger partial charge in [0.1, 0.15) is 0 Å². The van der Waals surface area contributed by atoms with E-state index in [2.05, 4.69) is 0 Å². The van der Waals surface area contributed by atoms with Crippen LogP contribution in [0.25, 0.3) is 0 Å². The highest BCUT2D eigenvalue weighted by Crippen LogP contribution is 2.37. The molecule has 158 valence electrons. The molecule has 2 aromatic carbocycles. The average Bonchev–Trinajstić information content (AvgIpc) is 3.38. The van der Waals surface area contributed by atoms with Crippen molar-refractivity contribution in [3.8, 4) is 11.5 Å². The molecule has 1 unspecified atom stereocenters. The Morgan fingerprint density at radius 1 is 1.10 bits per heavy atom. The van der Waals surface area contributed by atoms with Gasteiger partial charge in [-0.1, -0.05) is 24.3 Å². The highest BCUT2D eigenvalue weighted by Gasteiger charge is 2.34. The fourth-order valence-electron chi connectivity index (χ4n) is 4.42. The number of hydrogen-bond donors (Lipinski definition) is 0. The van der Waals surface area contributed by atoms with Gasteiger partial charge in [0.25, 0.3) is 5.69 Å². The largest absolute Gasteiger partial charge is 0.493 e. The minimum absolute atomic E-state index is 0.00913. The first-order valence-electron chi connectivity index (χ1n) is 10.4. The van der Waals surface area contributed by atoms with E-state index in [4.69, 9.17) is 9.47 Å². The van der Waals surface area contributed by atoms with Gasteiger partial charge >= 0.3 is 0 Å². The molecule has 30 heavy (non-hydrogen) atoms. The molecule has 1 saturated heterocycles. The van der Waals surface area contributed by atoms with Crippen LogP contribution in [0.15, 0.2) is 42.5 Å². The maximum atomic E-state index is 13.1. The Hall–Kier alpha value is -3.09. The number of hydrogen-bond acceptors (Lipinski definition) is 5. The molecule has 7 nitrogen and oxygen atoms in total. The molecule has 0 aromatic heterocycles. The lowest BCUT2D eigenvalue weighted by Gasteiger charge is -2.19. The molecule has 2 aromatic rings. The van der Waals surface area contributed by atoms with Crippen LogP contribution in [0.1, 0.15) is 49.1 Å². The highest BCUT2D eigenvalue weighted by molar-refractivity contribution is 5.86. The number of ether oxygens (including phenoxy) is 2. The molecule has 2 fully saturated rings. The van der Waals surface area contributed by atoms with Gasteiger partial charge < -0.3 is 14.4 Å². The zero-order chi connectivity index (χ0) is 21.1. The fourth-order valence-corrected chi connectivity index (χ4v) is 4.42. The van der Waals surface area contributed by atoms with E-state index in [9.17, 15) is 14.9 Å². The standard InChI is InChI=1S/C23H26N2O5/c1-29-21-11-10-16(14-22(21)30-18-7-3-4-8-18)19-12-13-24(23(19)26)15-17-6-2-5-9-20(17)25(27)28/h2,5-6,9-11,14,18-19H,3-4,7-8,12-13,15H2,1H3. The number of benzene rings is 2.